The summed E-state index contributed by atoms with van der Waals surface area (Å²) >= 11 is 0. The number of nitrogens with one attached hydrogen (secondary N) is 1. The summed E-state index contributed by atoms with van der Waals surface area (Å²) in [4.78, 5) is 18.8. The van der Waals surface area contributed by atoms with Crippen molar-refractivity contribution in [3.63, 3.8) is 0 Å². The van der Waals surface area contributed by atoms with Gasteiger partial charge >= 0.3 is 0 Å². The van der Waals surface area contributed by atoms with Crippen LogP contribution in [0, 0.1) is 17.2 Å². The second kappa shape index (κ2) is 9.39. The van der Waals surface area contributed by atoms with E-state index >= 15 is 0 Å². The van der Waals surface area contributed by atoms with Crippen molar-refractivity contribution >= 4 is 11.8 Å². The molecule has 160 valence electrons. The number of nitrogens with zero attached hydrogens (tertiary/aromatic N) is 3. The largest absolute Gasteiger partial charge is 0.496 e. The van der Waals surface area contributed by atoms with E-state index in [4.69, 9.17) is 13.6 Å². The maximum Gasteiger partial charge on any atom is 0.266 e. The van der Waals surface area contributed by atoms with Gasteiger partial charge in [-0.2, -0.15) is 10.2 Å². The van der Waals surface area contributed by atoms with Crippen molar-refractivity contribution in [3.05, 3.63) is 53.9 Å². The number of piperidine rings is 1. The van der Waals surface area contributed by atoms with Gasteiger partial charge in [0.25, 0.3) is 5.89 Å². The first-order valence-electron chi connectivity index (χ1n) is 10.3. The van der Waals surface area contributed by atoms with Crippen molar-refractivity contribution in [3.8, 4) is 23.5 Å². The molecule has 31 heavy (non-hydrogen) atoms. The van der Waals surface area contributed by atoms with Crippen LogP contribution in [0.4, 0.5) is 5.88 Å². The predicted octanol–water partition coefficient (Wildman–Crippen LogP) is 3.39. The summed E-state index contributed by atoms with van der Waals surface area (Å²) in [7, 11) is 1.65. The molecule has 0 unspecified atom stereocenters. The number of hydrogen-bond acceptors (Lipinski definition) is 7. The molecule has 8 heteroatoms. The van der Waals surface area contributed by atoms with Gasteiger partial charge in [0.15, 0.2) is 5.76 Å². The molecule has 0 radical (unpaired) electrons. The monoisotopic (exact) mass is 420 g/mol. The molecule has 0 saturated carbocycles. The number of methoxy groups -OCH3 is 1. The predicted molar refractivity (Wildman–Crippen MR) is 114 cm³/mol. The second-order valence-electron chi connectivity index (χ2n) is 7.38. The summed E-state index contributed by atoms with van der Waals surface area (Å²) in [6.07, 6.45) is 3.61. The third-order valence-electron chi connectivity index (χ3n) is 5.49. The number of benzene rings is 1. The minimum atomic E-state index is -0.0630. The average Bonchev–Trinajstić information content (AvgIpc) is 3.49. The van der Waals surface area contributed by atoms with Crippen LogP contribution in [0.2, 0.25) is 0 Å². The van der Waals surface area contributed by atoms with Gasteiger partial charge in [0.05, 0.1) is 13.4 Å². The Morgan fingerprint density at radius 1 is 1.29 bits per heavy atom. The number of carbonyl (C=O) groups is 1. The van der Waals surface area contributed by atoms with E-state index in [9.17, 15) is 10.1 Å². The number of anilines is 1. The molecule has 2 aromatic heterocycles. The zero-order valence-corrected chi connectivity index (χ0v) is 17.3. The number of ether oxygens (including phenoxy) is 1. The van der Waals surface area contributed by atoms with E-state index in [2.05, 4.69) is 16.4 Å². The number of oxazole rings is 1. The zero-order valence-electron chi connectivity index (χ0n) is 17.3. The number of nitriles is 1. The molecule has 8 nitrogen and oxygen atoms in total. The van der Waals surface area contributed by atoms with Gasteiger partial charge < -0.3 is 23.8 Å². The molecule has 3 aromatic rings. The topological polar surface area (TPSA) is 105 Å². The Morgan fingerprint density at radius 3 is 2.81 bits per heavy atom. The molecular formula is C23H24N4O4. The van der Waals surface area contributed by atoms with Crippen molar-refractivity contribution in [2.45, 2.75) is 19.3 Å². The molecule has 1 fully saturated rings. The van der Waals surface area contributed by atoms with Crippen LogP contribution in [0.1, 0.15) is 24.1 Å². The highest BCUT2D eigenvalue weighted by Crippen LogP contribution is 2.31. The molecule has 1 amide bonds. The molecule has 1 aromatic carbocycles. The molecule has 1 aliphatic heterocycles. The summed E-state index contributed by atoms with van der Waals surface area (Å²) in [5.41, 5.74) is 1.30. The first-order chi connectivity index (χ1) is 15.2. The lowest BCUT2D eigenvalue weighted by Crippen LogP contribution is -2.41. The first kappa shape index (κ1) is 20.5. The smallest absolute Gasteiger partial charge is 0.266 e. The van der Waals surface area contributed by atoms with Gasteiger partial charge in [-0.25, -0.2) is 0 Å². The minimum absolute atomic E-state index is 0.0592. The fraction of sp³-hybridized carbons (Fsp3) is 0.348. The quantitative estimate of drug-likeness (QED) is 0.625. The van der Waals surface area contributed by atoms with E-state index in [0.29, 0.717) is 50.5 Å². The summed E-state index contributed by atoms with van der Waals surface area (Å²) in [5, 5.41) is 12.5. The van der Waals surface area contributed by atoms with Gasteiger partial charge in [-0.05, 0) is 43.0 Å². The van der Waals surface area contributed by atoms with Gasteiger partial charge in [0.1, 0.15) is 11.8 Å². The van der Waals surface area contributed by atoms with Gasteiger partial charge in [-0.15, -0.1) is 0 Å². The normalized spacial score (nSPS) is 14.3. The Hall–Kier alpha value is -3.73. The number of hydrogen-bond donors (Lipinski definition) is 1. The number of furan rings is 1. The second-order valence-corrected chi connectivity index (χ2v) is 7.38. The molecule has 1 N–H and O–H groups in total. The van der Waals surface area contributed by atoms with Crippen LogP contribution < -0.4 is 15.0 Å². The van der Waals surface area contributed by atoms with Crippen LogP contribution in [0.15, 0.2) is 51.5 Å². The fourth-order valence-corrected chi connectivity index (χ4v) is 3.82. The van der Waals surface area contributed by atoms with Gasteiger partial charge in [-0.3, -0.25) is 4.79 Å². The third kappa shape index (κ3) is 4.56. The highest BCUT2D eigenvalue weighted by atomic mass is 16.5. The fourth-order valence-electron chi connectivity index (χ4n) is 3.82. The lowest BCUT2D eigenvalue weighted by Gasteiger charge is -2.31. The number of carbonyl (C=O) groups excluding carboxylic acids is 1. The van der Waals surface area contributed by atoms with E-state index in [1.54, 1.807) is 19.2 Å². The maximum atomic E-state index is 12.6. The average molecular weight is 420 g/mol. The molecule has 3 heterocycles. The van der Waals surface area contributed by atoms with Crippen LogP contribution in [0.3, 0.4) is 0 Å². The summed E-state index contributed by atoms with van der Waals surface area (Å²) in [5.74, 6) is 2.03. The molecule has 0 spiro atoms. The zero-order chi connectivity index (χ0) is 21.6. The molecule has 0 bridgehead atoms. The lowest BCUT2D eigenvalue weighted by molar-refractivity contribution is -0.125. The van der Waals surface area contributed by atoms with Gasteiger partial charge in [0.2, 0.25) is 17.5 Å². The molecule has 0 atom stereocenters. The molecular weight excluding hydrogens is 396 g/mol. The van der Waals surface area contributed by atoms with E-state index in [-0.39, 0.29) is 23.4 Å². The Balaban J connectivity index is 1.30. The number of rotatable bonds is 7. The molecule has 4 rings (SSSR count). The number of para-hydroxylation sites is 1. The van der Waals surface area contributed by atoms with Crippen LogP contribution in [0.5, 0.6) is 5.75 Å². The molecule has 0 aliphatic carbocycles. The van der Waals surface area contributed by atoms with Crippen LogP contribution in [0.25, 0.3) is 11.7 Å². The highest BCUT2D eigenvalue weighted by Gasteiger charge is 2.29. The first-order valence-corrected chi connectivity index (χ1v) is 10.3. The molecule has 1 saturated heterocycles. The minimum Gasteiger partial charge on any atom is -0.496 e. The summed E-state index contributed by atoms with van der Waals surface area (Å²) in [6, 6.07) is 13.4. The summed E-state index contributed by atoms with van der Waals surface area (Å²) < 4.78 is 16.5. The highest BCUT2D eigenvalue weighted by molar-refractivity contribution is 5.79. The van der Waals surface area contributed by atoms with Crippen molar-refractivity contribution in [1.82, 2.24) is 10.3 Å². The number of aromatic nitrogens is 1. The Bertz CT molecular complexity index is 1060. The van der Waals surface area contributed by atoms with Gasteiger partial charge in [0, 0.05) is 25.6 Å². The van der Waals surface area contributed by atoms with E-state index in [1.807, 2.05) is 29.2 Å². The Kier molecular flexibility index (Phi) is 6.22. The van der Waals surface area contributed by atoms with Crippen LogP contribution in [-0.2, 0) is 11.2 Å². The maximum absolute atomic E-state index is 12.6. The summed E-state index contributed by atoms with van der Waals surface area (Å²) in [6.45, 7) is 1.80. The van der Waals surface area contributed by atoms with Crippen LogP contribution >= 0.6 is 0 Å². The third-order valence-corrected chi connectivity index (χ3v) is 5.49. The van der Waals surface area contributed by atoms with Crippen LogP contribution in [-0.4, -0.2) is 37.6 Å². The molecule has 1 aliphatic rings. The standard InChI is InChI=1S/C23H24N4O4/c1-29-19-6-3-2-5-16(19)8-11-25-21(28)17-9-12-27(13-10-17)23-18(15-24)26-22(31-23)20-7-4-14-30-20/h2-7,14,17H,8-13H2,1H3,(H,25,28). The van der Waals surface area contributed by atoms with E-state index in [1.165, 1.54) is 6.26 Å². The van der Waals surface area contributed by atoms with E-state index in [0.717, 1.165) is 11.3 Å². The van der Waals surface area contributed by atoms with Crippen molar-refractivity contribution in [2.24, 2.45) is 5.92 Å². The van der Waals surface area contributed by atoms with E-state index < -0.39 is 0 Å². The van der Waals surface area contributed by atoms with Crippen molar-refractivity contribution in [2.75, 3.05) is 31.6 Å². The SMILES string of the molecule is COc1ccccc1CCNC(=O)C1CCN(c2oc(-c3ccco3)nc2C#N)CC1. The Morgan fingerprint density at radius 2 is 2.10 bits per heavy atom. The van der Waals surface area contributed by atoms with Crippen molar-refractivity contribution < 1.29 is 18.4 Å². The number of amides is 1. The van der Waals surface area contributed by atoms with Crippen molar-refractivity contribution in [1.29, 1.82) is 5.26 Å². The van der Waals surface area contributed by atoms with Gasteiger partial charge in [-0.1, -0.05) is 18.2 Å². The Labute approximate surface area is 180 Å². The lowest BCUT2D eigenvalue weighted by atomic mass is 9.96.